The molecule has 0 bridgehead atoms. The zero-order valence-corrected chi connectivity index (χ0v) is 20.6. The molecule has 1 amide bonds. The molecule has 0 spiro atoms. The molecule has 2 aliphatic rings. The van der Waals surface area contributed by atoms with E-state index in [2.05, 4.69) is 67.1 Å². The van der Waals surface area contributed by atoms with Gasteiger partial charge in [-0.1, -0.05) is 12.1 Å². The molecular formula is C25H35N3O3S. The number of carbonyl (C=O) groups is 1. The molecule has 1 N–H and O–H groups in total. The summed E-state index contributed by atoms with van der Waals surface area (Å²) in [6.07, 6.45) is 0.330. The number of aryl methyl sites for hydroxylation is 1. The number of benzene rings is 1. The minimum atomic E-state index is -0.0300. The lowest BCUT2D eigenvalue weighted by Gasteiger charge is -2.41. The SMILES string of the molecule is CC(=O)Nc1sc(C)c(C)c1C(c1ccc(N2CCOCC2)cc1)N1CC(C)OC(C)C1. The van der Waals surface area contributed by atoms with Crippen LogP contribution in [0.1, 0.15) is 48.4 Å². The third-order valence-electron chi connectivity index (χ3n) is 6.39. The Balaban J connectivity index is 1.74. The Morgan fingerprint density at radius 3 is 2.31 bits per heavy atom. The maximum Gasteiger partial charge on any atom is 0.221 e. The predicted molar refractivity (Wildman–Crippen MR) is 131 cm³/mol. The average Bonchev–Trinajstić information content (AvgIpc) is 3.02. The molecule has 4 rings (SSSR count). The average molecular weight is 458 g/mol. The Kier molecular flexibility index (Phi) is 7.20. The number of nitrogens with zero attached hydrogens (tertiary/aromatic N) is 2. The highest BCUT2D eigenvalue weighted by Crippen LogP contribution is 2.43. The van der Waals surface area contributed by atoms with Crippen LogP contribution in [0, 0.1) is 13.8 Å². The summed E-state index contributed by atoms with van der Waals surface area (Å²) < 4.78 is 11.5. The number of nitrogens with one attached hydrogen (secondary N) is 1. The maximum absolute atomic E-state index is 12.0. The fourth-order valence-electron chi connectivity index (χ4n) is 4.90. The van der Waals surface area contributed by atoms with E-state index in [1.54, 1.807) is 18.3 Å². The largest absolute Gasteiger partial charge is 0.378 e. The number of ether oxygens (including phenoxy) is 2. The Morgan fingerprint density at radius 2 is 1.72 bits per heavy atom. The van der Waals surface area contributed by atoms with Gasteiger partial charge in [-0.25, -0.2) is 0 Å². The zero-order chi connectivity index (χ0) is 22.8. The Labute approximate surface area is 195 Å². The molecular weight excluding hydrogens is 422 g/mol. The summed E-state index contributed by atoms with van der Waals surface area (Å²) in [4.78, 5) is 18.1. The molecule has 3 heterocycles. The first-order valence-corrected chi connectivity index (χ1v) is 12.3. The number of morpholine rings is 2. The molecule has 3 unspecified atom stereocenters. The second-order valence-electron chi connectivity index (χ2n) is 9.01. The second-order valence-corrected chi connectivity index (χ2v) is 10.2. The molecule has 0 aliphatic carbocycles. The zero-order valence-electron chi connectivity index (χ0n) is 19.8. The molecule has 6 nitrogen and oxygen atoms in total. The summed E-state index contributed by atoms with van der Waals surface area (Å²) in [7, 11) is 0. The molecule has 3 atom stereocenters. The Morgan fingerprint density at radius 1 is 1.09 bits per heavy atom. The van der Waals surface area contributed by atoms with Gasteiger partial charge in [-0.3, -0.25) is 9.69 Å². The van der Waals surface area contributed by atoms with Gasteiger partial charge in [-0.2, -0.15) is 0 Å². The van der Waals surface area contributed by atoms with Crippen LogP contribution in [0.25, 0.3) is 0 Å². The summed E-state index contributed by atoms with van der Waals surface area (Å²) in [5, 5.41) is 4.07. The molecule has 174 valence electrons. The van der Waals surface area contributed by atoms with E-state index in [-0.39, 0.29) is 24.2 Å². The molecule has 2 fully saturated rings. The van der Waals surface area contributed by atoms with E-state index in [9.17, 15) is 4.79 Å². The van der Waals surface area contributed by atoms with E-state index < -0.39 is 0 Å². The van der Waals surface area contributed by atoms with Crippen molar-refractivity contribution < 1.29 is 14.3 Å². The number of rotatable bonds is 5. The standard InChI is InChI=1S/C25H35N3O3S/c1-16-14-28(15-17(2)31-16)24(23-18(3)19(4)32-25(23)26-20(5)29)21-6-8-22(9-7-21)27-10-12-30-13-11-27/h6-9,16-17,24H,10-15H2,1-5H3,(H,26,29). The first-order chi connectivity index (χ1) is 15.3. The molecule has 0 radical (unpaired) electrons. The molecule has 2 aromatic rings. The van der Waals surface area contributed by atoms with Crippen molar-refractivity contribution in [1.82, 2.24) is 4.90 Å². The van der Waals surface area contributed by atoms with Crippen molar-refractivity contribution in [1.29, 1.82) is 0 Å². The first kappa shape index (κ1) is 23.2. The van der Waals surface area contributed by atoms with Crippen LogP contribution in [-0.2, 0) is 14.3 Å². The van der Waals surface area contributed by atoms with Gasteiger partial charge in [0.05, 0.1) is 31.5 Å². The van der Waals surface area contributed by atoms with Gasteiger partial charge in [0.2, 0.25) is 5.91 Å². The highest BCUT2D eigenvalue weighted by molar-refractivity contribution is 7.16. The van der Waals surface area contributed by atoms with Gasteiger partial charge < -0.3 is 19.7 Å². The van der Waals surface area contributed by atoms with Gasteiger partial charge in [0, 0.05) is 49.2 Å². The van der Waals surface area contributed by atoms with E-state index in [1.165, 1.54) is 27.3 Å². The van der Waals surface area contributed by atoms with Crippen molar-refractivity contribution in [3.8, 4) is 0 Å². The van der Waals surface area contributed by atoms with E-state index >= 15 is 0 Å². The lowest BCUT2D eigenvalue weighted by atomic mass is 9.93. The molecule has 32 heavy (non-hydrogen) atoms. The molecule has 1 aromatic heterocycles. The molecule has 0 saturated carbocycles. The maximum atomic E-state index is 12.0. The number of thiophene rings is 1. The first-order valence-electron chi connectivity index (χ1n) is 11.5. The van der Waals surface area contributed by atoms with Crippen LogP contribution < -0.4 is 10.2 Å². The van der Waals surface area contributed by atoms with Crippen LogP contribution in [0.15, 0.2) is 24.3 Å². The fourth-order valence-corrected chi connectivity index (χ4v) is 6.04. The summed E-state index contributed by atoms with van der Waals surface area (Å²) in [5.41, 5.74) is 4.95. The minimum Gasteiger partial charge on any atom is -0.378 e. The van der Waals surface area contributed by atoms with Gasteiger partial charge in [-0.05, 0) is 51.0 Å². The Hall–Kier alpha value is -1.93. The minimum absolute atomic E-state index is 0.0300. The number of hydrogen-bond donors (Lipinski definition) is 1. The van der Waals surface area contributed by atoms with E-state index in [0.29, 0.717) is 0 Å². The van der Waals surface area contributed by atoms with Crippen LogP contribution in [0.5, 0.6) is 0 Å². The number of anilines is 2. The Bertz CT molecular complexity index is 927. The van der Waals surface area contributed by atoms with E-state index in [0.717, 1.165) is 44.4 Å². The van der Waals surface area contributed by atoms with Gasteiger partial charge in [0.25, 0.3) is 0 Å². The monoisotopic (exact) mass is 457 g/mol. The highest BCUT2D eigenvalue weighted by Gasteiger charge is 2.33. The molecule has 2 aliphatic heterocycles. The summed E-state index contributed by atoms with van der Waals surface area (Å²) in [6.45, 7) is 15.3. The fraction of sp³-hybridized carbons (Fsp3) is 0.560. The van der Waals surface area contributed by atoms with Crippen LogP contribution in [0.2, 0.25) is 0 Å². The van der Waals surface area contributed by atoms with Gasteiger partial charge >= 0.3 is 0 Å². The van der Waals surface area contributed by atoms with Crippen molar-refractivity contribution in [3.63, 3.8) is 0 Å². The van der Waals surface area contributed by atoms with E-state index in [1.807, 2.05) is 0 Å². The lowest BCUT2D eigenvalue weighted by Crippen LogP contribution is -2.47. The number of carbonyl (C=O) groups excluding carboxylic acids is 1. The van der Waals surface area contributed by atoms with Crippen molar-refractivity contribution in [2.24, 2.45) is 0 Å². The van der Waals surface area contributed by atoms with E-state index in [4.69, 9.17) is 9.47 Å². The van der Waals surface area contributed by atoms with Gasteiger partial charge in [0.1, 0.15) is 5.00 Å². The second kappa shape index (κ2) is 9.91. The summed E-state index contributed by atoms with van der Waals surface area (Å²) in [6, 6.07) is 9.03. The third kappa shape index (κ3) is 5.01. The number of hydrogen-bond acceptors (Lipinski definition) is 6. The van der Waals surface area contributed by atoms with Crippen molar-refractivity contribution in [2.75, 3.05) is 49.6 Å². The predicted octanol–water partition coefficient (Wildman–Crippen LogP) is 4.36. The molecule has 1 aromatic carbocycles. The van der Waals surface area contributed by atoms with Crippen LogP contribution >= 0.6 is 11.3 Å². The van der Waals surface area contributed by atoms with Gasteiger partial charge in [0.15, 0.2) is 0 Å². The highest BCUT2D eigenvalue weighted by atomic mass is 32.1. The van der Waals surface area contributed by atoms with Crippen LogP contribution in [0.4, 0.5) is 10.7 Å². The van der Waals surface area contributed by atoms with Crippen molar-refractivity contribution in [3.05, 3.63) is 45.8 Å². The van der Waals surface area contributed by atoms with Crippen LogP contribution in [-0.4, -0.2) is 62.4 Å². The summed E-state index contributed by atoms with van der Waals surface area (Å²) >= 11 is 1.67. The topological polar surface area (TPSA) is 54.0 Å². The lowest BCUT2D eigenvalue weighted by molar-refractivity contribution is -0.114. The molecule has 2 saturated heterocycles. The number of amides is 1. The van der Waals surface area contributed by atoms with Crippen LogP contribution in [0.3, 0.4) is 0 Å². The van der Waals surface area contributed by atoms with Gasteiger partial charge in [-0.15, -0.1) is 11.3 Å². The van der Waals surface area contributed by atoms with Crippen molar-refractivity contribution in [2.45, 2.75) is 52.9 Å². The molecule has 7 heteroatoms. The summed E-state index contributed by atoms with van der Waals surface area (Å²) in [5.74, 6) is -0.0300. The normalized spacial score (nSPS) is 23.2. The smallest absolute Gasteiger partial charge is 0.221 e. The van der Waals surface area contributed by atoms with Crippen molar-refractivity contribution >= 4 is 27.9 Å². The third-order valence-corrected chi connectivity index (χ3v) is 7.53. The quantitative estimate of drug-likeness (QED) is 0.723.